The average molecular weight is 367 g/mol. The zero-order chi connectivity index (χ0) is 18.4. The maximum Gasteiger partial charge on any atom is 0.0736 e. The van der Waals surface area contributed by atoms with Crippen molar-refractivity contribution in [2.45, 2.75) is 44.4 Å². The number of rotatable bonds is 7. The van der Waals surface area contributed by atoms with Crippen LogP contribution in [0.25, 0.3) is 0 Å². The fourth-order valence-electron chi connectivity index (χ4n) is 4.45. The molecule has 27 heavy (non-hydrogen) atoms. The lowest BCUT2D eigenvalue weighted by atomic mass is 9.78. The van der Waals surface area contributed by atoms with Gasteiger partial charge in [-0.1, -0.05) is 6.07 Å². The van der Waals surface area contributed by atoms with Crippen LogP contribution in [0.5, 0.6) is 0 Å². The van der Waals surface area contributed by atoms with E-state index in [1.54, 1.807) is 0 Å². The van der Waals surface area contributed by atoms with Crippen molar-refractivity contribution in [3.63, 3.8) is 0 Å². The largest absolute Gasteiger partial charge is 0.377 e. The normalized spacial score (nSPS) is 22.3. The van der Waals surface area contributed by atoms with Crippen molar-refractivity contribution in [1.82, 2.24) is 14.9 Å². The molecule has 2 fully saturated rings. The maximum atomic E-state index is 6.30. The van der Waals surface area contributed by atoms with E-state index >= 15 is 0 Å². The van der Waals surface area contributed by atoms with Gasteiger partial charge in [-0.3, -0.25) is 14.9 Å². The molecule has 2 aromatic heterocycles. The Bertz CT molecular complexity index is 687. The van der Waals surface area contributed by atoms with Crippen LogP contribution in [0.2, 0.25) is 0 Å². The van der Waals surface area contributed by atoms with Gasteiger partial charge in [0.15, 0.2) is 0 Å². The van der Waals surface area contributed by atoms with Crippen LogP contribution in [-0.4, -0.2) is 46.8 Å². The number of hydrogen-bond donors (Lipinski definition) is 0. The lowest BCUT2D eigenvalue weighted by Gasteiger charge is -2.42. The van der Waals surface area contributed by atoms with Gasteiger partial charge in [0.25, 0.3) is 0 Å². The minimum absolute atomic E-state index is 0.0701. The number of nitrogens with zero attached hydrogens (tertiary/aromatic N) is 3. The first kappa shape index (κ1) is 18.5. The van der Waals surface area contributed by atoms with Crippen LogP contribution in [-0.2, 0) is 22.6 Å². The van der Waals surface area contributed by atoms with Gasteiger partial charge in [-0.25, -0.2) is 0 Å². The van der Waals surface area contributed by atoms with Crippen molar-refractivity contribution in [3.8, 4) is 0 Å². The zero-order valence-electron chi connectivity index (χ0n) is 15.9. The molecule has 2 saturated heterocycles. The summed E-state index contributed by atoms with van der Waals surface area (Å²) in [5.74, 6) is 0.618. The molecule has 144 valence electrons. The Morgan fingerprint density at radius 3 is 2.74 bits per heavy atom. The van der Waals surface area contributed by atoms with E-state index in [0.717, 1.165) is 57.8 Å². The Hall–Kier alpha value is -1.82. The van der Waals surface area contributed by atoms with Crippen molar-refractivity contribution < 1.29 is 9.47 Å². The summed E-state index contributed by atoms with van der Waals surface area (Å²) < 4.78 is 12.2. The van der Waals surface area contributed by atoms with Gasteiger partial charge in [-0.2, -0.15) is 0 Å². The first-order valence-corrected chi connectivity index (χ1v) is 10.1. The summed E-state index contributed by atoms with van der Waals surface area (Å²) in [4.78, 5) is 11.0. The van der Waals surface area contributed by atoms with Gasteiger partial charge in [0.1, 0.15) is 0 Å². The molecular formula is C22H29N3O2. The minimum Gasteiger partial charge on any atom is -0.377 e. The molecule has 0 amide bonds. The molecule has 5 heteroatoms. The standard InChI is InChI=1S/C22H29N3O2/c1-2-10-24-21(3-1)17-25-13-8-22(9-14-25)20(7-16-27-22)6-15-26-18-19-4-11-23-12-5-19/h1-5,10-12,20H,6-9,13-18H2. The number of piperidine rings is 1. The highest BCUT2D eigenvalue weighted by molar-refractivity contribution is 5.08. The maximum absolute atomic E-state index is 6.30. The fraction of sp³-hybridized carbons (Fsp3) is 0.545. The van der Waals surface area contributed by atoms with E-state index in [2.05, 4.69) is 27.0 Å². The van der Waals surface area contributed by atoms with Crippen LogP contribution in [0.4, 0.5) is 0 Å². The minimum atomic E-state index is 0.0701. The van der Waals surface area contributed by atoms with Gasteiger partial charge in [-0.15, -0.1) is 0 Å². The highest BCUT2D eigenvalue weighted by Gasteiger charge is 2.45. The first-order chi connectivity index (χ1) is 13.3. The summed E-state index contributed by atoms with van der Waals surface area (Å²) in [6.45, 7) is 5.48. The van der Waals surface area contributed by atoms with Crippen molar-refractivity contribution in [2.75, 3.05) is 26.3 Å². The molecule has 0 aromatic carbocycles. The third-order valence-electron chi connectivity index (χ3n) is 6.04. The Balaban J connectivity index is 1.23. The third-order valence-corrected chi connectivity index (χ3v) is 6.04. The van der Waals surface area contributed by atoms with E-state index in [9.17, 15) is 0 Å². The van der Waals surface area contributed by atoms with Crippen molar-refractivity contribution in [2.24, 2.45) is 5.92 Å². The summed E-state index contributed by atoms with van der Waals surface area (Å²) in [7, 11) is 0. The van der Waals surface area contributed by atoms with E-state index in [-0.39, 0.29) is 5.60 Å². The van der Waals surface area contributed by atoms with Crippen molar-refractivity contribution in [1.29, 1.82) is 0 Å². The SMILES string of the molecule is c1ccc(CN2CCC3(CC2)OCCC3CCOCc2ccncc2)nc1. The van der Waals surface area contributed by atoms with E-state index in [1.165, 1.54) is 12.0 Å². The zero-order valence-corrected chi connectivity index (χ0v) is 15.9. The second-order valence-corrected chi connectivity index (χ2v) is 7.69. The molecule has 4 rings (SSSR count). The highest BCUT2D eigenvalue weighted by Crippen LogP contribution is 2.42. The molecule has 4 heterocycles. The number of ether oxygens (including phenoxy) is 2. The van der Waals surface area contributed by atoms with E-state index in [1.807, 2.05) is 36.8 Å². The first-order valence-electron chi connectivity index (χ1n) is 10.1. The van der Waals surface area contributed by atoms with Crippen LogP contribution >= 0.6 is 0 Å². The summed E-state index contributed by atoms with van der Waals surface area (Å²) in [5.41, 5.74) is 2.41. The van der Waals surface area contributed by atoms with Crippen LogP contribution in [0.1, 0.15) is 36.9 Å². The summed E-state index contributed by atoms with van der Waals surface area (Å²) in [6.07, 6.45) is 10.0. The number of likely N-dealkylation sites (tertiary alicyclic amines) is 1. The molecule has 0 aliphatic carbocycles. The molecule has 2 aliphatic heterocycles. The average Bonchev–Trinajstić information content (AvgIpc) is 3.11. The van der Waals surface area contributed by atoms with Gasteiger partial charge in [0.05, 0.1) is 17.9 Å². The predicted octanol–water partition coefficient (Wildman–Crippen LogP) is 3.45. The number of aromatic nitrogens is 2. The summed E-state index contributed by atoms with van der Waals surface area (Å²) >= 11 is 0. The van der Waals surface area contributed by atoms with Gasteiger partial charge in [-0.05, 0) is 61.4 Å². The highest BCUT2D eigenvalue weighted by atomic mass is 16.5. The molecule has 1 atom stereocenters. The number of pyridine rings is 2. The smallest absolute Gasteiger partial charge is 0.0736 e. The summed E-state index contributed by atoms with van der Waals surface area (Å²) in [6, 6.07) is 10.2. The predicted molar refractivity (Wildman–Crippen MR) is 104 cm³/mol. The van der Waals surface area contributed by atoms with Crippen LogP contribution in [0.3, 0.4) is 0 Å². The lowest BCUT2D eigenvalue weighted by Crippen LogP contribution is -2.47. The Labute approximate surface area is 161 Å². The van der Waals surface area contributed by atoms with Gasteiger partial charge in [0.2, 0.25) is 0 Å². The van der Waals surface area contributed by atoms with E-state index in [4.69, 9.17) is 9.47 Å². The molecule has 1 spiro atoms. The quantitative estimate of drug-likeness (QED) is 0.702. The lowest BCUT2D eigenvalue weighted by molar-refractivity contribution is -0.0735. The monoisotopic (exact) mass is 367 g/mol. The van der Waals surface area contributed by atoms with E-state index in [0.29, 0.717) is 12.5 Å². The second-order valence-electron chi connectivity index (χ2n) is 7.69. The fourth-order valence-corrected chi connectivity index (χ4v) is 4.45. The molecule has 0 radical (unpaired) electrons. The van der Waals surface area contributed by atoms with Crippen LogP contribution in [0, 0.1) is 5.92 Å². The van der Waals surface area contributed by atoms with Crippen LogP contribution in [0.15, 0.2) is 48.9 Å². The number of hydrogen-bond acceptors (Lipinski definition) is 5. The van der Waals surface area contributed by atoms with Crippen molar-refractivity contribution in [3.05, 3.63) is 60.2 Å². The molecule has 2 aromatic rings. The molecule has 5 nitrogen and oxygen atoms in total. The Morgan fingerprint density at radius 1 is 1.11 bits per heavy atom. The second kappa shape index (κ2) is 8.91. The van der Waals surface area contributed by atoms with Crippen LogP contribution < -0.4 is 0 Å². The molecular weight excluding hydrogens is 338 g/mol. The molecule has 0 N–H and O–H groups in total. The van der Waals surface area contributed by atoms with Gasteiger partial charge >= 0.3 is 0 Å². The topological polar surface area (TPSA) is 47.5 Å². The van der Waals surface area contributed by atoms with Crippen molar-refractivity contribution >= 4 is 0 Å². The molecule has 1 unspecified atom stereocenters. The van der Waals surface area contributed by atoms with Gasteiger partial charge in [0, 0.05) is 51.4 Å². The molecule has 2 aliphatic rings. The molecule has 0 bridgehead atoms. The Kier molecular flexibility index (Phi) is 6.12. The summed E-state index contributed by atoms with van der Waals surface area (Å²) in [5, 5.41) is 0. The third kappa shape index (κ3) is 4.72. The molecule has 0 saturated carbocycles. The van der Waals surface area contributed by atoms with E-state index < -0.39 is 0 Å². The Morgan fingerprint density at radius 2 is 1.96 bits per heavy atom. The van der Waals surface area contributed by atoms with Gasteiger partial charge < -0.3 is 9.47 Å².